The summed E-state index contributed by atoms with van der Waals surface area (Å²) in [6.07, 6.45) is 2.49. The number of carbonyl (C=O) groups is 3. The lowest BCUT2D eigenvalue weighted by atomic mass is 9.91. The zero-order valence-electron chi connectivity index (χ0n) is 25.0. The number of halogens is 1. The van der Waals surface area contributed by atoms with Gasteiger partial charge in [-0.2, -0.15) is 0 Å². The molecule has 42 heavy (non-hydrogen) atoms. The Balaban J connectivity index is 1.77. The van der Waals surface area contributed by atoms with Gasteiger partial charge in [0.05, 0.1) is 0 Å². The second-order valence-corrected chi connectivity index (χ2v) is 10.9. The van der Waals surface area contributed by atoms with E-state index < -0.39 is 18.0 Å². The number of amides is 3. The molecule has 3 aromatic rings. The van der Waals surface area contributed by atoms with Crippen molar-refractivity contribution in [3.05, 3.63) is 101 Å². The number of carbonyl (C=O) groups excluding carboxylic acids is 3. The molecule has 4 N–H and O–H groups in total. The van der Waals surface area contributed by atoms with E-state index in [0.717, 1.165) is 24.0 Å². The highest BCUT2D eigenvalue weighted by atomic mass is 19.1. The van der Waals surface area contributed by atoms with Crippen LogP contribution in [0, 0.1) is 18.7 Å². The summed E-state index contributed by atoms with van der Waals surface area (Å²) < 4.78 is 13.3. The molecule has 0 unspecified atom stereocenters. The fourth-order valence-corrected chi connectivity index (χ4v) is 4.96. The van der Waals surface area contributed by atoms with Gasteiger partial charge < -0.3 is 21.3 Å². The minimum atomic E-state index is -0.544. The van der Waals surface area contributed by atoms with Crippen LogP contribution in [-0.2, 0) is 11.2 Å². The first kappa shape index (κ1) is 32.5. The Labute approximate surface area is 248 Å². The molecule has 3 atom stereocenters. The Bertz CT molecular complexity index is 1340. The zero-order valence-corrected chi connectivity index (χ0v) is 25.0. The summed E-state index contributed by atoms with van der Waals surface area (Å²) in [5.74, 6) is -1.52. The van der Waals surface area contributed by atoms with E-state index in [2.05, 4.69) is 10.6 Å². The molecular formula is C34H43FN4O3. The summed E-state index contributed by atoms with van der Waals surface area (Å²) in [5.41, 5.74) is 10.1. The summed E-state index contributed by atoms with van der Waals surface area (Å²) in [5, 5.41) is 5.88. The van der Waals surface area contributed by atoms with Crippen molar-refractivity contribution in [1.29, 1.82) is 0 Å². The monoisotopic (exact) mass is 574 g/mol. The van der Waals surface area contributed by atoms with Crippen molar-refractivity contribution in [1.82, 2.24) is 10.2 Å². The maximum absolute atomic E-state index is 13.5. The Kier molecular flexibility index (Phi) is 12.2. The molecule has 0 bridgehead atoms. The minimum absolute atomic E-state index is 0.0950. The lowest BCUT2D eigenvalue weighted by Crippen LogP contribution is -2.50. The van der Waals surface area contributed by atoms with E-state index in [0.29, 0.717) is 42.7 Å². The first-order chi connectivity index (χ1) is 20.1. The number of nitrogens with one attached hydrogen (secondary N) is 2. The molecule has 0 heterocycles. The molecule has 0 radical (unpaired) electrons. The largest absolute Gasteiger partial charge is 0.347 e. The van der Waals surface area contributed by atoms with Crippen molar-refractivity contribution in [3.8, 4) is 0 Å². The Hall–Kier alpha value is -4.04. The Morgan fingerprint density at radius 1 is 0.905 bits per heavy atom. The number of benzene rings is 3. The van der Waals surface area contributed by atoms with Crippen LogP contribution < -0.4 is 16.4 Å². The third-order valence-corrected chi connectivity index (χ3v) is 7.20. The van der Waals surface area contributed by atoms with Gasteiger partial charge >= 0.3 is 0 Å². The lowest BCUT2D eigenvalue weighted by Gasteiger charge is -2.27. The van der Waals surface area contributed by atoms with Gasteiger partial charge in [0.1, 0.15) is 5.82 Å². The van der Waals surface area contributed by atoms with Crippen molar-refractivity contribution in [2.75, 3.05) is 18.4 Å². The van der Waals surface area contributed by atoms with Crippen molar-refractivity contribution in [3.63, 3.8) is 0 Å². The minimum Gasteiger partial charge on any atom is -0.347 e. The molecule has 0 aromatic heterocycles. The number of rotatable bonds is 14. The van der Waals surface area contributed by atoms with Crippen molar-refractivity contribution < 1.29 is 18.8 Å². The highest BCUT2D eigenvalue weighted by Crippen LogP contribution is 2.17. The highest BCUT2D eigenvalue weighted by molar-refractivity contribution is 5.99. The second kappa shape index (κ2) is 15.8. The number of nitrogens with two attached hydrogens (primary N) is 1. The van der Waals surface area contributed by atoms with Crippen LogP contribution in [0.2, 0.25) is 0 Å². The Morgan fingerprint density at radius 3 is 2.19 bits per heavy atom. The standard InChI is InChI=1S/C34H43FN4O3/c1-5-17-39(18-6-2)34(42)27-12-8-11-26(22-27)33(41)38-31(21-25-10-7-9-23(3)19-25)30(36)20-24(4)32(40)37-29-15-13-28(35)14-16-29/h7-16,19,22,24,30-31H,5-6,17-18,20-21,36H2,1-4H3,(H,37,40)(H,38,41)/t24-,30+,31+/m1/s1. The molecule has 0 aliphatic heterocycles. The summed E-state index contributed by atoms with van der Waals surface area (Å²) >= 11 is 0. The molecule has 0 aliphatic rings. The zero-order chi connectivity index (χ0) is 30.6. The van der Waals surface area contributed by atoms with Gasteiger partial charge in [0.25, 0.3) is 11.8 Å². The van der Waals surface area contributed by atoms with Crippen molar-refractivity contribution >= 4 is 23.4 Å². The second-order valence-electron chi connectivity index (χ2n) is 10.9. The van der Waals surface area contributed by atoms with Gasteiger partial charge in [-0.25, -0.2) is 4.39 Å². The predicted octanol–water partition coefficient (Wildman–Crippen LogP) is 5.73. The first-order valence-corrected chi connectivity index (χ1v) is 14.7. The number of aryl methyl sites for hydroxylation is 1. The van der Waals surface area contributed by atoms with Gasteiger partial charge in [-0.15, -0.1) is 0 Å². The van der Waals surface area contributed by atoms with E-state index in [9.17, 15) is 18.8 Å². The topological polar surface area (TPSA) is 105 Å². The maximum atomic E-state index is 13.5. The van der Waals surface area contributed by atoms with Crippen LogP contribution >= 0.6 is 0 Å². The molecule has 3 rings (SSSR count). The van der Waals surface area contributed by atoms with Crippen LogP contribution in [0.15, 0.2) is 72.8 Å². The van der Waals surface area contributed by atoms with Crippen LogP contribution in [0.1, 0.15) is 71.9 Å². The summed E-state index contributed by atoms with van der Waals surface area (Å²) in [7, 11) is 0. The molecule has 0 saturated heterocycles. The van der Waals surface area contributed by atoms with Crippen LogP contribution in [0.4, 0.5) is 10.1 Å². The highest BCUT2D eigenvalue weighted by Gasteiger charge is 2.26. The SMILES string of the molecule is CCCN(CCC)C(=O)c1cccc(C(=O)N[C@@H](Cc2cccc(C)c2)[C@@H](N)C[C@@H](C)C(=O)Nc2ccc(F)cc2)c1. The summed E-state index contributed by atoms with van der Waals surface area (Å²) in [6, 6.07) is 19.3. The van der Waals surface area contributed by atoms with Gasteiger partial charge in [0.2, 0.25) is 5.91 Å². The predicted molar refractivity (Wildman–Crippen MR) is 166 cm³/mol. The fourth-order valence-electron chi connectivity index (χ4n) is 4.96. The van der Waals surface area contributed by atoms with E-state index >= 15 is 0 Å². The van der Waals surface area contributed by atoms with Crippen LogP contribution in [0.3, 0.4) is 0 Å². The summed E-state index contributed by atoms with van der Waals surface area (Å²) in [6.45, 7) is 9.15. The maximum Gasteiger partial charge on any atom is 0.253 e. The van der Waals surface area contributed by atoms with Gasteiger partial charge in [0, 0.05) is 47.9 Å². The number of nitrogens with zero attached hydrogens (tertiary/aromatic N) is 1. The van der Waals surface area contributed by atoms with Crippen LogP contribution in [0.5, 0.6) is 0 Å². The third kappa shape index (κ3) is 9.52. The quantitative estimate of drug-likeness (QED) is 0.229. The van der Waals surface area contributed by atoms with Gasteiger partial charge in [-0.1, -0.05) is 56.7 Å². The molecule has 224 valence electrons. The van der Waals surface area contributed by atoms with Crippen molar-refractivity contribution in [2.45, 2.75) is 65.5 Å². The molecule has 8 heteroatoms. The molecule has 3 aromatic carbocycles. The lowest BCUT2D eigenvalue weighted by molar-refractivity contribution is -0.119. The first-order valence-electron chi connectivity index (χ1n) is 14.7. The van der Waals surface area contributed by atoms with Crippen LogP contribution in [-0.4, -0.2) is 47.8 Å². The van der Waals surface area contributed by atoms with E-state index in [1.165, 1.54) is 24.3 Å². The van der Waals surface area contributed by atoms with E-state index in [-0.39, 0.29) is 23.5 Å². The molecule has 0 fully saturated rings. The molecule has 3 amide bonds. The fraction of sp³-hybridized carbons (Fsp3) is 0.382. The van der Waals surface area contributed by atoms with Crippen molar-refractivity contribution in [2.24, 2.45) is 11.7 Å². The number of hydrogen-bond acceptors (Lipinski definition) is 4. The number of anilines is 1. The third-order valence-electron chi connectivity index (χ3n) is 7.20. The van der Waals surface area contributed by atoms with E-state index in [1.54, 1.807) is 31.2 Å². The summed E-state index contributed by atoms with van der Waals surface area (Å²) in [4.78, 5) is 41.3. The molecule has 0 aliphatic carbocycles. The Morgan fingerprint density at radius 2 is 1.55 bits per heavy atom. The molecular weight excluding hydrogens is 531 g/mol. The average Bonchev–Trinajstić information content (AvgIpc) is 2.97. The van der Waals surface area contributed by atoms with E-state index in [4.69, 9.17) is 5.73 Å². The van der Waals surface area contributed by atoms with Gasteiger partial charge in [-0.3, -0.25) is 14.4 Å². The molecule has 0 spiro atoms. The van der Waals surface area contributed by atoms with Crippen LogP contribution in [0.25, 0.3) is 0 Å². The number of hydrogen-bond donors (Lipinski definition) is 3. The normalized spacial score (nSPS) is 13.1. The molecule has 7 nitrogen and oxygen atoms in total. The average molecular weight is 575 g/mol. The van der Waals surface area contributed by atoms with Gasteiger partial charge in [-0.05, 0) is 80.6 Å². The molecule has 0 saturated carbocycles. The smallest absolute Gasteiger partial charge is 0.253 e. The van der Waals surface area contributed by atoms with Gasteiger partial charge in [0.15, 0.2) is 0 Å². The van der Waals surface area contributed by atoms with E-state index in [1.807, 2.05) is 49.9 Å².